The van der Waals surface area contributed by atoms with Crippen LogP contribution in [0.3, 0.4) is 0 Å². The van der Waals surface area contributed by atoms with Crippen molar-refractivity contribution in [3.63, 3.8) is 0 Å². The lowest BCUT2D eigenvalue weighted by atomic mass is 10.1. The van der Waals surface area contributed by atoms with E-state index in [1.54, 1.807) is 155 Å². The van der Waals surface area contributed by atoms with Crippen LogP contribution in [-0.2, 0) is 67.8 Å². The minimum Gasteiger partial charge on any atom is -0.491 e. The van der Waals surface area contributed by atoms with Crippen molar-refractivity contribution in [1.29, 1.82) is 0 Å². The third-order valence-corrected chi connectivity index (χ3v) is 15.3. The number of para-hydroxylation sites is 2. The summed E-state index contributed by atoms with van der Waals surface area (Å²) in [7, 11) is 2.64. The summed E-state index contributed by atoms with van der Waals surface area (Å²) in [6.45, 7) is 10.1. The zero-order valence-corrected chi connectivity index (χ0v) is 52.3. The average Bonchev–Trinajstić information content (AvgIpc) is 0.898. The molecule has 488 valence electrons. The van der Waals surface area contributed by atoms with Gasteiger partial charge in [0.2, 0.25) is 22.4 Å². The van der Waals surface area contributed by atoms with Crippen LogP contribution in [0.15, 0.2) is 176 Å². The Morgan fingerprint density at radius 2 is 0.840 bits per heavy atom. The van der Waals surface area contributed by atoms with E-state index in [4.69, 9.17) is 56.2 Å². The Balaban J connectivity index is 0.514. The van der Waals surface area contributed by atoms with Crippen molar-refractivity contribution >= 4 is 33.9 Å². The van der Waals surface area contributed by atoms with Crippen molar-refractivity contribution in [2.75, 3.05) is 106 Å². The number of aromatic nitrogens is 6. The Morgan fingerprint density at radius 3 is 1.26 bits per heavy atom. The first-order valence-electron chi connectivity index (χ1n) is 30.9. The quantitative estimate of drug-likeness (QED) is 0.0270. The molecule has 1 fully saturated rings. The normalized spacial score (nSPS) is 12.7. The van der Waals surface area contributed by atoms with Crippen LogP contribution in [0.1, 0.15) is 43.2 Å². The fraction of sp³-hybridized carbons (Fsp3) is 0.314. The topological polar surface area (TPSA) is 255 Å². The molecule has 0 N–H and O–H groups in total. The number of hydrogen-bond acceptors (Lipinski definition) is 22. The van der Waals surface area contributed by atoms with Gasteiger partial charge in [0.25, 0.3) is 0 Å². The average molecular weight is 1280 g/mol. The lowest BCUT2D eigenvalue weighted by Crippen LogP contribution is -2.45. The van der Waals surface area contributed by atoms with Gasteiger partial charge in [0.1, 0.15) is 49.1 Å². The van der Waals surface area contributed by atoms with Crippen LogP contribution in [0.2, 0.25) is 0 Å². The number of carbonyl (C=O) groups is 2. The van der Waals surface area contributed by atoms with E-state index < -0.39 is 11.9 Å². The number of rotatable bonds is 34. The number of ether oxygens (including phenoxy) is 10. The molecule has 10 aromatic rings. The maximum absolute atomic E-state index is 13.7. The molecule has 0 radical (unpaired) electrons. The molecule has 0 saturated carbocycles. The zero-order valence-electron chi connectivity index (χ0n) is 52.3. The van der Waals surface area contributed by atoms with Crippen molar-refractivity contribution in [1.82, 2.24) is 39.8 Å². The highest BCUT2D eigenvalue weighted by atomic mass is 16.6. The number of benzene rings is 6. The Morgan fingerprint density at radius 1 is 0.447 bits per heavy atom. The first-order chi connectivity index (χ1) is 46.1. The summed E-state index contributed by atoms with van der Waals surface area (Å²) in [5, 5.41) is 18.2. The van der Waals surface area contributed by atoms with Crippen LogP contribution < -0.4 is 29.8 Å². The number of methoxy groups -OCH3 is 2. The Kier molecular flexibility index (Phi) is 22.9. The van der Waals surface area contributed by atoms with Gasteiger partial charge in [0, 0.05) is 62.8 Å². The monoisotopic (exact) mass is 1280 g/mol. The standard InChI is InChI=1S/C70H72N8O16/c1-83-69(81)53-11-7-9-49(41-53)47-91-67-63(79)59-13-3-5-15-61(59)93-65(67)51-17-21-57(22-18-51)89-39-37-87-35-33-85-31-29-77-45-55(71-73-77)43-75-25-27-76(28-26-75)44-56-46-78(74-72-56)30-32-86-34-36-88-38-40-90-58-23-19-52(20-24-58)66-68(64(80)60-14-4-6-16-62(60)94-66)92-48-50-10-8-12-54(42-50)70(82)84-2/h3-24,41-42,45-46H,25-40,43-44,47-48H2,1-2H3. The second kappa shape index (κ2) is 33.0. The Bertz CT molecular complexity index is 3970. The summed E-state index contributed by atoms with van der Waals surface area (Å²) in [4.78, 5) is 56.3. The highest BCUT2D eigenvalue weighted by molar-refractivity contribution is 5.90. The van der Waals surface area contributed by atoms with Gasteiger partial charge in [-0.2, -0.15) is 0 Å². The molecule has 11 rings (SSSR count). The van der Waals surface area contributed by atoms with Crippen LogP contribution in [0.25, 0.3) is 44.6 Å². The second-order valence-electron chi connectivity index (χ2n) is 21.8. The molecule has 0 unspecified atom stereocenters. The number of piperazine rings is 1. The van der Waals surface area contributed by atoms with E-state index >= 15 is 0 Å². The van der Waals surface area contributed by atoms with Gasteiger partial charge in [-0.15, -0.1) is 10.2 Å². The largest absolute Gasteiger partial charge is 0.491 e. The third kappa shape index (κ3) is 17.7. The van der Waals surface area contributed by atoms with Gasteiger partial charge in [0.05, 0.1) is 113 Å². The second-order valence-corrected chi connectivity index (χ2v) is 21.8. The lowest BCUT2D eigenvalue weighted by Gasteiger charge is -2.33. The molecular weight excluding hydrogens is 1210 g/mol. The van der Waals surface area contributed by atoms with Gasteiger partial charge in [-0.3, -0.25) is 19.4 Å². The van der Waals surface area contributed by atoms with Crippen molar-refractivity contribution < 1.29 is 65.8 Å². The lowest BCUT2D eigenvalue weighted by molar-refractivity contribution is 0.0332. The molecule has 5 heterocycles. The summed E-state index contributed by atoms with van der Waals surface area (Å²) in [5.74, 6) is 0.984. The fourth-order valence-corrected chi connectivity index (χ4v) is 10.4. The first kappa shape index (κ1) is 65.4. The maximum Gasteiger partial charge on any atom is 0.337 e. The van der Waals surface area contributed by atoms with E-state index in [1.165, 1.54) is 14.2 Å². The summed E-state index contributed by atoms with van der Waals surface area (Å²) < 4.78 is 72.9. The molecule has 0 amide bonds. The molecule has 1 saturated heterocycles. The highest BCUT2D eigenvalue weighted by Gasteiger charge is 2.23. The Labute approximate surface area is 540 Å². The molecular formula is C70H72N8O16. The predicted octanol–water partition coefficient (Wildman–Crippen LogP) is 8.69. The molecule has 0 aliphatic carbocycles. The van der Waals surface area contributed by atoms with Crippen LogP contribution in [-0.4, -0.2) is 158 Å². The summed E-state index contributed by atoms with van der Waals surface area (Å²) in [5.41, 5.74) is 5.44. The summed E-state index contributed by atoms with van der Waals surface area (Å²) in [6, 6.07) is 42.1. The number of carbonyl (C=O) groups excluding carboxylic acids is 2. The molecule has 4 aromatic heterocycles. The number of nitrogens with zero attached hydrogens (tertiary/aromatic N) is 8. The van der Waals surface area contributed by atoms with Gasteiger partial charge in [-0.05, 0) is 108 Å². The Hall–Kier alpha value is -10.1. The SMILES string of the molecule is COC(=O)c1cccc(COc2c(-c3ccc(OCCOCCOCCn4cc(CN5CCN(Cc6cn(CCOCCOCCOc7ccc(-c8oc9ccccc9c(=O)c8OCc8cccc(C(=O)OC)c8)cc7)nn6)CC5)nn4)cc3)oc3ccccc3c2=O)c1. The van der Waals surface area contributed by atoms with Gasteiger partial charge >= 0.3 is 11.9 Å². The molecule has 24 heteroatoms. The third-order valence-electron chi connectivity index (χ3n) is 15.3. The summed E-state index contributed by atoms with van der Waals surface area (Å²) >= 11 is 0. The van der Waals surface area contributed by atoms with E-state index in [0.29, 0.717) is 159 Å². The van der Waals surface area contributed by atoms with Crippen LogP contribution in [0.5, 0.6) is 23.0 Å². The maximum atomic E-state index is 13.7. The minimum absolute atomic E-state index is 0.0280. The van der Waals surface area contributed by atoms with Crippen molar-refractivity contribution in [2.24, 2.45) is 0 Å². The molecule has 6 aromatic carbocycles. The van der Waals surface area contributed by atoms with E-state index in [0.717, 1.165) is 37.6 Å². The van der Waals surface area contributed by atoms with E-state index in [1.807, 2.05) is 12.4 Å². The fourth-order valence-electron chi connectivity index (χ4n) is 10.4. The van der Waals surface area contributed by atoms with Gasteiger partial charge in [0.15, 0.2) is 11.5 Å². The van der Waals surface area contributed by atoms with Crippen LogP contribution in [0.4, 0.5) is 0 Å². The van der Waals surface area contributed by atoms with Gasteiger partial charge in [-0.25, -0.2) is 19.0 Å². The van der Waals surface area contributed by atoms with Crippen molar-refractivity contribution in [3.05, 3.63) is 212 Å². The molecule has 1 aliphatic heterocycles. The van der Waals surface area contributed by atoms with Crippen molar-refractivity contribution in [2.45, 2.75) is 39.4 Å². The zero-order chi connectivity index (χ0) is 64.9. The van der Waals surface area contributed by atoms with E-state index in [2.05, 4.69) is 30.4 Å². The van der Waals surface area contributed by atoms with Gasteiger partial charge in [-0.1, -0.05) is 59.0 Å². The molecule has 0 atom stereocenters. The summed E-state index contributed by atoms with van der Waals surface area (Å²) in [6.07, 6.45) is 3.94. The molecule has 1 aliphatic rings. The van der Waals surface area contributed by atoms with E-state index in [-0.39, 0.29) is 47.1 Å². The van der Waals surface area contributed by atoms with Crippen LogP contribution in [0, 0.1) is 0 Å². The molecule has 0 bridgehead atoms. The van der Waals surface area contributed by atoms with Crippen LogP contribution >= 0.6 is 0 Å². The first-order valence-corrected chi connectivity index (χ1v) is 30.9. The molecule has 24 nitrogen and oxygen atoms in total. The number of esters is 2. The number of fused-ring (bicyclic) bond motifs is 2. The molecule has 0 spiro atoms. The van der Waals surface area contributed by atoms with Crippen molar-refractivity contribution in [3.8, 4) is 45.6 Å². The molecule has 94 heavy (non-hydrogen) atoms. The van der Waals surface area contributed by atoms with E-state index in [9.17, 15) is 19.2 Å². The predicted molar refractivity (Wildman–Crippen MR) is 345 cm³/mol. The number of hydrogen-bond donors (Lipinski definition) is 0. The minimum atomic E-state index is -0.466. The highest BCUT2D eigenvalue weighted by Crippen LogP contribution is 2.34. The smallest absolute Gasteiger partial charge is 0.337 e. The van der Waals surface area contributed by atoms with Gasteiger partial charge < -0.3 is 56.2 Å².